The molecule has 2 N–H and O–H groups in total. The first-order chi connectivity index (χ1) is 7.65. The SMILES string of the molecule is CCCn1c(=O)[nH]c2cccc(O)c2c1=O. The van der Waals surface area contributed by atoms with Crippen molar-refractivity contribution in [1.82, 2.24) is 9.55 Å². The Kier molecular flexibility index (Phi) is 2.52. The molecular formula is C11H12N2O3. The molecule has 0 fully saturated rings. The highest BCUT2D eigenvalue weighted by molar-refractivity contribution is 5.83. The summed E-state index contributed by atoms with van der Waals surface area (Å²) in [7, 11) is 0. The molecule has 0 aliphatic carbocycles. The summed E-state index contributed by atoms with van der Waals surface area (Å²) in [6, 6.07) is 4.60. The Hall–Kier alpha value is -2.04. The monoisotopic (exact) mass is 220 g/mol. The van der Waals surface area contributed by atoms with E-state index in [4.69, 9.17) is 0 Å². The lowest BCUT2D eigenvalue weighted by Gasteiger charge is -2.05. The van der Waals surface area contributed by atoms with Crippen molar-refractivity contribution in [2.45, 2.75) is 19.9 Å². The fourth-order valence-corrected chi connectivity index (χ4v) is 1.71. The number of H-pyrrole nitrogens is 1. The number of phenolic OH excluding ortho intramolecular Hbond substituents is 1. The molecule has 1 heterocycles. The lowest BCUT2D eigenvalue weighted by molar-refractivity contribution is 0.480. The minimum atomic E-state index is -0.446. The van der Waals surface area contributed by atoms with Gasteiger partial charge in [0.25, 0.3) is 5.56 Å². The summed E-state index contributed by atoms with van der Waals surface area (Å²) in [5.74, 6) is -0.108. The van der Waals surface area contributed by atoms with Gasteiger partial charge in [-0.05, 0) is 18.6 Å². The van der Waals surface area contributed by atoms with E-state index in [0.29, 0.717) is 18.5 Å². The van der Waals surface area contributed by atoms with Gasteiger partial charge in [-0.1, -0.05) is 13.0 Å². The summed E-state index contributed by atoms with van der Waals surface area (Å²) in [5, 5.41) is 9.76. The van der Waals surface area contributed by atoms with Gasteiger partial charge >= 0.3 is 5.69 Å². The van der Waals surface area contributed by atoms with E-state index in [0.717, 1.165) is 4.57 Å². The lowest BCUT2D eigenvalue weighted by atomic mass is 10.2. The first-order valence-electron chi connectivity index (χ1n) is 5.10. The minimum Gasteiger partial charge on any atom is -0.507 e. The summed E-state index contributed by atoms with van der Waals surface area (Å²) in [4.78, 5) is 26.1. The number of hydrogen-bond donors (Lipinski definition) is 2. The Balaban J connectivity index is 2.92. The van der Waals surface area contributed by atoms with Crippen LogP contribution in [-0.4, -0.2) is 14.7 Å². The van der Waals surface area contributed by atoms with Crippen LogP contribution >= 0.6 is 0 Å². The summed E-state index contributed by atoms with van der Waals surface area (Å²) in [5.41, 5.74) is -0.522. The van der Waals surface area contributed by atoms with Crippen molar-refractivity contribution in [2.75, 3.05) is 0 Å². The van der Waals surface area contributed by atoms with E-state index < -0.39 is 11.2 Å². The average Bonchev–Trinajstić information content (AvgIpc) is 2.24. The number of hydrogen-bond acceptors (Lipinski definition) is 3. The molecule has 5 nitrogen and oxygen atoms in total. The van der Waals surface area contributed by atoms with Gasteiger partial charge in [-0.25, -0.2) is 4.79 Å². The fraction of sp³-hybridized carbons (Fsp3) is 0.273. The predicted octanol–water partition coefficient (Wildman–Crippen LogP) is 0.805. The summed E-state index contributed by atoms with van der Waals surface area (Å²) < 4.78 is 1.10. The molecule has 2 rings (SSSR count). The molecule has 0 aliphatic heterocycles. The molecule has 0 radical (unpaired) electrons. The van der Waals surface area contributed by atoms with Crippen LogP contribution in [0.1, 0.15) is 13.3 Å². The topological polar surface area (TPSA) is 75.1 Å². The molecule has 0 spiro atoms. The maximum absolute atomic E-state index is 11.9. The van der Waals surface area contributed by atoms with Crippen LogP contribution in [-0.2, 0) is 6.54 Å². The van der Waals surface area contributed by atoms with Crippen LogP contribution in [0, 0.1) is 0 Å². The van der Waals surface area contributed by atoms with E-state index >= 15 is 0 Å². The molecule has 16 heavy (non-hydrogen) atoms. The highest BCUT2D eigenvalue weighted by Gasteiger charge is 2.09. The van der Waals surface area contributed by atoms with Crippen molar-refractivity contribution in [3.05, 3.63) is 39.0 Å². The molecular weight excluding hydrogens is 208 g/mol. The van der Waals surface area contributed by atoms with Gasteiger partial charge < -0.3 is 10.1 Å². The molecule has 0 atom stereocenters. The molecule has 0 saturated heterocycles. The molecule has 1 aromatic carbocycles. The number of benzene rings is 1. The van der Waals surface area contributed by atoms with Crippen molar-refractivity contribution in [3.8, 4) is 5.75 Å². The Morgan fingerprint density at radius 2 is 2.12 bits per heavy atom. The van der Waals surface area contributed by atoms with Crippen LogP contribution in [0.25, 0.3) is 10.9 Å². The fourth-order valence-electron chi connectivity index (χ4n) is 1.71. The van der Waals surface area contributed by atoms with Gasteiger partial charge in [-0.3, -0.25) is 9.36 Å². The van der Waals surface area contributed by atoms with Crippen molar-refractivity contribution in [3.63, 3.8) is 0 Å². The number of nitrogens with one attached hydrogen (secondary N) is 1. The second-order valence-electron chi connectivity index (χ2n) is 3.59. The van der Waals surface area contributed by atoms with Crippen molar-refractivity contribution in [1.29, 1.82) is 0 Å². The van der Waals surface area contributed by atoms with E-state index in [9.17, 15) is 14.7 Å². The first-order valence-corrected chi connectivity index (χ1v) is 5.10. The number of aromatic nitrogens is 2. The maximum Gasteiger partial charge on any atom is 0.328 e. The molecule has 1 aromatic heterocycles. The Morgan fingerprint density at radius 1 is 1.38 bits per heavy atom. The summed E-state index contributed by atoms with van der Waals surface area (Å²) in [6.45, 7) is 2.22. The number of aromatic amines is 1. The number of fused-ring (bicyclic) bond motifs is 1. The van der Waals surface area contributed by atoms with Crippen molar-refractivity contribution < 1.29 is 5.11 Å². The minimum absolute atomic E-state index is 0.108. The van der Waals surface area contributed by atoms with Gasteiger partial charge in [0.15, 0.2) is 0 Å². The maximum atomic E-state index is 11.9. The lowest BCUT2D eigenvalue weighted by Crippen LogP contribution is -2.34. The van der Waals surface area contributed by atoms with Crippen LogP contribution in [0.4, 0.5) is 0 Å². The van der Waals surface area contributed by atoms with Crippen LogP contribution in [0.5, 0.6) is 5.75 Å². The van der Waals surface area contributed by atoms with Crippen molar-refractivity contribution in [2.24, 2.45) is 0 Å². The average molecular weight is 220 g/mol. The number of nitrogens with zero attached hydrogens (tertiary/aromatic N) is 1. The van der Waals surface area contributed by atoms with E-state index in [-0.39, 0.29) is 11.1 Å². The number of rotatable bonds is 2. The third-order valence-corrected chi connectivity index (χ3v) is 2.44. The van der Waals surface area contributed by atoms with Crippen LogP contribution < -0.4 is 11.2 Å². The number of aromatic hydroxyl groups is 1. The summed E-state index contributed by atoms with van der Waals surface area (Å²) in [6.07, 6.45) is 0.683. The van der Waals surface area contributed by atoms with Crippen LogP contribution in [0.2, 0.25) is 0 Å². The zero-order chi connectivity index (χ0) is 11.7. The highest BCUT2D eigenvalue weighted by Crippen LogP contribution is 2.17. The molecule has 0 aliphatic rings. The standard InChI is InChI=1S/C11H12N2O3/c1-2-6-13-10(15)9-7(12-11(13)16)4-3-5-8(9)14/h3-5,14H,2,6H2,1H3,(H,12,16). The zero-order valence-electron chi connectivity index (χ0n) is 8.86. The largest absolute Gasteiger partial charge is 0.507 e. The van der Waals surface area contributed by atoms with Gasteiger partial charge in [0.05, 0.1) is 5.52 Å². The van der Waals surface area contributed by atoms with E-state index in [2.05, 4.69) is 4.98 Å². The van der Waals surface area contributed by atoms with Gasteiger partial charge in [-0.2, -0.15) is 0 Å². The van der Waals surface area contributed by atoms with E-state index in [1.54, 1.807) is 12.1 Å². The normalized spacial score (nSPS) is 10.8. The Labute approximate surface area is 91.0 Å². The smallest absolute Gasteiger partial charge is 0.328 e. The third kappa shape index (κ3) is 1.50. The summed E-state index contributed by atoms with van der Waals surface area (Å²) >= 11 is 0. The zero-order valence-corrected chi connectivity index (χ0v) is 8.86. The Bertz CT molecular complexity index is 640. The van der Waals surface area contributed by atoms with Gasteiger partial charge in [0.2, 0.25) is 0 Å². The number of phenols is 1. The van der Waals surface area contributed by atoms with Gasteiger partial charge in [-0.15, -0.1) is 0 Å². The molecule has 0 amide bonds. The van der Waals surface area contributed by atoms with Crippen molar-refractivity contribution >= 4 is 10.9 Å². The van der Waals surface area contributed by atoms with Gasteiger partial charge in [0, 0.05) is 6.54 Å². The second-order valence-corrected chi connectivity index (χ2v) is 3.59. The molecule has 84 valence electrons. The quantitative estimate of drug-likeness (QED) is 0.786. The molecule has 0 saturated carbocycles. The molecule has 0 unspecified atom stereocenters. The predicted molar refractivity (Wildman–Crippen MR) is 60.8 cm³/mol. The Morgan fingerprint density at radius 3 is 2.81 bits per heavy atom. The first kappa shape index (κ1) is 10.5. The third-order valence-electron chi connectivity index (χ3n) is 2.44. The molecule has 5 heteroatoms. The highest BCUT2D eigenvalue weighted by atomic mass is 16.3. The molecule has 0 bridgehead atoms. The molecule has 2 aromatic rings. The van der Waals surface area contributed by atoms with Crippen LogP contribution in [0.3, 0.4) is 0 Å². The second kappa shape index (κ2) is 3.84. The van der Waals surface area contributed by atoms with E-state index in [1.807, 2.05) is 6.92 Å². The van der Waals surface area contributed by atoms with Gasteiger partial charge in [0.1, 0.15) is 11.1 Å². The van der Waals surface area contributed by atoms with Crippen LogP contribution in [0.15, 0.2) is 27.8 Å². The van der Waals surface area contributed by atoms with E-state index in [1.165, 1.54) is 6.07 Å².